The number of amides is 3. The highest BCUT2D eigenvalue weighted by atomic mass is 32.2. The van der Waals surface area contributed by atoms with Gasteiger partial charge in [-0.25, -0.2) is 4.79 Å². The average Bonchev–Trinajstić information content (AvgIpc) is 3.31. The van der Waals surface area contributed by atoms with Crippen molar-refractivity contribution in [2.24, 2.45) is 0 Å². The Morgan fingerprint density at radius 2 is 1.70 bits per heavy atom. The van der Waals surface area contributed by atoms with Gasteiger partial charge in [-0.15, -0.1) is 11.8 Å². The molecule has 168 valence electrons. The predicted molar refractivity (Wildman–Crippen MR) is 135 cm³/mol. The minimum Gasteiger partial charge on any atom is -0.308 e. The Labute approximate surface area is 198 Å². The first-order valence-electron chi connectivity index (χ1n) is 11.2. The van der Waals surface area contributed by atoms with E-state index in [-0.39, 0.29) is 11.9 Å². The summed E-state index contributed by atoms with van der Waals surface area (Å²) in [5, 5.41) is 3.02. The molecule has 1 spiro atoms. The molecule has 0 radical (unpaired) electrons. The van der Waals surface area contributed by atoms with Crippen LogP contribution in [0.1, 0.15) is 27.8 Å². The molecule has 0 aliphatic carbocycles. The number of fused-ring (bicyclic) bond motifs is 2. The Morgan fingerprint density at radius 3 is 2.45 bits per heavy atom. The summed E-state index contributed by atoms with van der Waals surface area (Å²) in [5.41, 5.74) is 6.90. The zero-order chi connectivity index (χ0) is 23.2. The van der Waals surface area contributed by atoms with E-state index in [1.807, 2.05) is 67.3 Å². The van der Waals surface area contributed by atoms with Crippen molar-refractivity contribution in [1.82, 2.24) is 4.90 Å². The van der Waals surface area contributed by atoms with E-state index < -0.39 is 4.87 Å². The van der Waals surface area contributed by atoms with Crippen molar-refractivity contribution in [1.29, 1.82) is 0 Å². The number of rotatable bonds is 3. The van der Waals surface area contributed by atoms with Gasteiger partial charge in [0.1, 0.15) is 0 Å². The smallest absolute Gasteiger partial charge is 0.308 e. The van der Waals surface area contributed by atoms with E-state index in [1.165, 1.54) is 0 Å². The lowest BCUT2D eigenvalue weighted by atomic mass is 10.0. The van der Waals surface area contributed by atoms with Crippen LogP contribution in [0.2, 0.25) is 0 Å². The van der Waals surface area contributed by atoms with Crippen molar-refractivity contribution >= 4 is 35.1 Å². The zero-order valence-electron chi connectivity index (χ0n) is 19.1. The van der Waals surface area contributed by atoms with E-state index in [4.69, 9.17) is 0 Å². The molecule has 1 fully saturated rings. The first kappa shape index (κ1) is 21.6. The minimum absolute atomic E-state index is 0.0495. The number of thioether (sulfide) groups is 1. The van der Waals surface area contributed by atoms with Gasteiger partial charge in [0.15, 0.2) is 4.87 Å². The normalized spacial score (nSPS) is 19.3. The Bertz CT molecular complexity index is 1260. The molecule has 2 heterocycles. The predicted octanol–water partition coefficient (Wildman–Crippen LogP) is 5.59. The molecule has 5 rings (SSSR count). The van der Waals surface area contributed by atoms with Crippen LogP contribution in [0.3, 0.4) is 0 Å². The number of hydrogen-bond acceptors (Lipinski definition) is 3. The van der Waals surface area contributed by atoms with Crippen molar-refractivity contribution in [3.63, 3.8) is 0 Å². The summed E-state index contributed by atoms with van der Waals surface area (Å²) in [5.74, 6) is 0.657. The first-order chi connectivity index (χ1) is 15.9. The second kappa shape index (κ2) is 8.27. The van der Waals surface area contributed by atoms with E-state index in [1.54, 1.807) is 16.7 Å². The van der Waals surface area contributed by atoms with Gasteiger partial charge in [-0.2, -0.15) is 0 Å². The van der Waals surface area contributed by atoms with E-state index in [9.17, 15) is 9.59 Å². The van der Waals surface area contributed by atoms with Crippen LogP contribution in [0, 0.1) is 20.8 Å². The molecule has 0 saturated carbocycles. The third-order valence-electron chi connectivity index (χ3n) is 6.29. The van der Waals surface area contributed by atoms with Gasteiger partial charge in [0.05, 0.1) is 12.2 Å². The maximum atomic E-state index is 14.1. The number of anilines is 2. The maximum absolute atomic E-state index is 14.1. The molecule has 3 aromatic rings. The largest absolute Gasteiger partial charge is 0.323 e. The van der Waals surface area contributed by atoms with Crippen molar-refractivity contribution in [3.8, 4) is 0 Å². The van der Waals surface area contributed by atoms with Crippen molar-refractivity contribution in [3.05, 3.63) is 94.5 Å². The van der Waals surface area contributed by atoms with Crippen molar-refractivity contribution in [2.75, 3.05) is 22.5 Å². The molecule has 0 aromatic heterocycles. The number of aryl methyl sites for hydroxylation is 3. The van der Waals surface area contributed by atoms with Gasteiger partial charge >= 0.3 is 6.03 Å². The summed E-state index contributed by atoms with van der Waals surface area (Å²) in [6.07, 6.45) is 0. The average molecular weight is 458 g/mol. The number of benzene rings is 3. The van der Waals surface area contributed by atoms with Crippen LogP contribution in [0.5, 0.6) is 0 Å². The molecule has 1 atom stereocenters. The molecule has 0 bridgehead atoms. The van der Waals surface area contributed by atoms with Crippen LogP contribution in [-0.4, -0.2) is 29.1 Å². The molecule has 2 aliphatic rings. The van der Waals surface area contributed by atoms with E-state index in [0.717, 1.165) is 39.2 Å². The molecular weight excluding hydrogens is 430 g/mol. The van der Waals surface area contributed by atoms with Gasteiger partial charge in [-0.1, -0.05) is 59.7 Å². The number of nitrogens with one attached hydrogen (secondary N) is 1. The lowest BCUT2D eigenvalue weighted by Gasteiger charge is -2.33. The standard InChI is InChI=1S/C27H27N3O2S/c1-18-6-4-8-21(14-18)17-29-24-11-10-20(3)16-23(24)27(25(29)31)30(12-13-33-27)26(32)28-22-9-5-7-19(2)15-22/h4-11,14-16H,12-13,17H2,1-3H3,(H,28,32)/t27-/m0/s1. The highest BCUT2D eigenvalue weighted by Gasteiger charge is 2.59. The molecule has 1 saturated heterocycles. The fraction of sp³-hybridized carbons (Fsp3) is 0.259. The Morgan fingerprint density at radius 1 is 0.970 bits per heavy atom. The molecule has 33 heavy (non-hydrogen) atoms. The van der Waals surface area contributed by atoms with E-state index >= 15 is 0 Å². The van der Waals surface area contributed by atoms with Crippen LogP contribution < -0.4 is 10.2 Å². The summed E-state index contributed by atoms with van der Waals surface area (Å²) < 4.78 is 0. The quantitative estimate of drug-likeness (QED) is 0.558. The summed E-state index contributed by atoms with van der Waals surface area (Å²) >= 11 is 1.55. The lowest BCUT2D eigenvalue weighted by molar-refractivity contribution is -0.123. The van der Waals surface area contributed by atoms with Crippen LogP contribution >= 0.6 is 11.8 Å². The Hall–Kier alpha value is -3.25. The monoisotopic (exact) mass is 457 g/mol. The first-order valence-corrected chi connectivity index (χ1v) is 12.1. The molecule has 3 amide bonds. The number of carbonyl (C=O) groups is 2. The van der Waals surface area contributed by atoms with Gasteiger partial charge in [-0.3, -0.25) is 9.69 Å². The highest BCUT2D eigenvalue weighted by Crippen LogP contribution is 2.54. The number of urea groups is 1. The second-order valence-corrected chi connectivity index (χ2v) is 10.1. The zero-order valence-corrected chi connectivity index (χ0v) is 19.9. The van der Waals surface area contributed by atoms with Crippen LogP contribution in [0.15, 0.2) is 66.7 Å². The Kier molecular flexibility index (Phi) is 5.41. The minimum atomic E-state index is -1.04. The fourth-order valence-corrected chi connectivity index (χ4v) is 6.24. The molecule has 6 heteroatoms. The second-order valence-electron chi connectivity index (χ2n) is 8.84. The fourth-order valence-electron chi connectivity index (χ4n) is 4.79. The third kappa shape index (κ3) is 3.68. The molecule has 0 unspecified atom stereocenters. The lowest BCUT2D eigenvalue weighted by Crippen LogP contribution is -2.51. The summed E-state index contributed by atoms with van der Waals surface area (Å²) in [4.78, 5) is 30.1. The molecule has 5 nitrogen and oxygen atoms in total. The SMILES string of the molecule is Cc1cccc(CN2C(=O)[C@@]3(SCCN3C(=O)Nc3cccc(C)c3)c3cc(C)ccc32)c1. The summed E-state index contributed by atoms with van der Waals surface area (Å²) in [7, 11) is 0. The summed E-state index contributed by atoms with van der Waals surface area (Å²) in [6.45, 7) is 7.06. The topological polar surface area (TPSA) is 52.7 Å². The maximum Gasteiger partial charge on any atom is 0.323 e. The van der Waals surface area contributed by atoms with Crippen LogP contribution in [0.4, 0.5) is 16.2 Å². The molecule has 2 aliphatic heterocycles. The van der Waals surface area contributed by atoms with Crippen LogP contribution in [0.25, 0.3) is 0 Å². The molecule has 3 aromatic carbocycles. The van der Waals surface area contributed by atoms with Gasteiger partial charge in [0.2, 0.25) is 0 Å². The number of carbonyl (C=O) groups excluding carboxylic acids is 2. The Balaban J connectivity index is 1.54. The van der Waals surface area contributed by atoms with E-state index in [2.05, 4.69) is 30.4 Å². The van der Waals surface area contributed by atoms with Crippen molar-refractivity contribution in [2.45, 2.75) is 32.2 Å². The van der Waals surface area contributed by atoms with Crippen LogP contribution in [-0.2, 0) is 16.2 Å². The summed E-state index contributed by atoms with van der Waals surface area (Å²) in [6, 6.07) is 21.8. The van der Waals surface area contributed by atoms with E-state index in [0.29, 0.717) is 18.8 Å². The van der Waals surface area contributed by atoms with Gasteiger partial charge in [0.25, 0.3) is 5.91 Å². The van der Waals surface area contributed by atoms with Gasteiger partial charge < -0.3 is 10.2 Å². The third-order valence-corrected chi connectivity index (χ3v) is 7.71. The number of hydrogen-bond donors (Lipinski definition) is 1. The van der Waals surface area contributed by atoms with Gasteiger partial charge in [-0.05, 0) is 50.1 Å². The van der Waals surface area contributed by atoms with Crippen molar-refractivity contribution < 1.29 is 9.59 Å². The molecular formula is C27H27N3O2S. The highest BCUT2D eigenvalue weighted by molar-refractivity contribution is 8.01. The van der Waals surface area contributed by atoms with Gasteiger partial charge in [0, 0.05) is 23.5 Å². The molecule has 1 N–H and O–H groups in total. The number of nitrogens with zero attached hydrogens (tertiary/aromatic N) is 2.